The molecule has 0 fully saturated rings. The second-order valence-electron chi connectivity index (χ2n) is 9.27. The summed E-state index contributed by atoms with van der Waals surface area (Å²) in [6.45, 7) is 17.7. The molecular weight excluding hydrogens is 262 g/mol. The van der Waals surface area contributed by atoms with Crippen LogP contribution >= 0.6 is 0 Å². The number of hydrogen-bond donors (Lipinski definition) is 2. The molecule has 0 aliphatic heterocycles. The Hall–Kier alpha value is -0.570. The predicted octanol–water partition coefficient (Wildman–Crippen LogP) is 5.03. The van der Waals surface area contributed by atoms with E-state index in [9.17, 15) is 4.79 Å². The van der Waals surface area contributed by atoms with E-state index in [1.54, 1.807) is 0 Å². The molecular formula is C18H37NO2. The van der Waals surface area contributed by atoms with Crippen LogP contribution < -0.4 is 5.48 Å². The molecule has 0 aromatic rings. The van der Waals surface area contributed by atoms with E-state index < -0.39 is 0 Å². The van der Waals surface area contributed by atoms with Crippen molar-refractivity contribution in [3.8, 4) is 0 Å². The Kier molecular flexibility index (Phi) is 7.94. The van der Waals surface area contributed by atoms with E-state index in [-0.39, 0.29) is 23.2 Å². The van der Waals surface area contributed by atoms with Gasteiger partial charge in [-0.1, -0.05) is 55.4 Å². The van der Waals surface area contributed by atoms with Crippen LogP contribution in [0.4, 0.5) is 0 Å². The zero-order chi connectivity index (χ0) is 16.8. The topological polar surface area (TPSA) is 49.3 Å². The first-order valence-electron chi connectivity index (χ1n) is 8.29. The van der Waals surface area contributed by atoms with Gasteiger partial charge in [-0.15, -0.1) is 0 Å². The van der Waals surface area contributed by atoms with E-state index in [2.05, 4.69) is 55.4 Å². The fourth-order valence-corrected chi connectivity index (χ4v) is 3.48. The van der Waals surface area contributed by atoms with E-state index in [1.807, 2.05) is 5.48 Å². The van der Waals surface area contributed by atoms with Gasteiger partial charge in [-0.3, -0.25) is 10.0 Å². The first-order chi connectivity index (χ1) is 9.35. The van der Waals surface area contributed by atoms with Crippen LogP contribution in [0.25, 0.3) is 0 Å². The highest BCUT2D eigenvalue weighted by Crippen LogP contribution is 2.33. The van der Waals surface area contributed by atoms with Gasteiger partial charge in [0.05, 0.1) is 0 Å². The van der Waals surface area contributed by atoms with Crippen LogP contribution in [0.5, 0.6) is 0 Å². The van der Waals surface area contributed by atoms with Crippen molar-refractivity contribution in [1.82, 2.24) is 5.48 Å². The monoisotopic (exact) mass is 299 g/mol. The molecule has 0 spiro atoms. The Morgan fingerprint density at radius 1 is 0.952 bits per heavy atom. The smallest absolute Gasteiger partial charge is 0.246 e. The van der Waals surface area contributed by atoms with Crippen molar-refractivity contribution < 1.29 is 10.0 Å². The van der Waals surface area contributed by atoms with Gasteiger partial charge in [0, 0.05) is 5.92 Å². The molecule has 126 valence electrons. The summed E-state index contributed by atoms with van der Waals surface area (Å²) in [5.74, 6) is 0.547. The molecule has 0 radical (unpaired) electrons. The lowest BCUT2D eigenvalue weighted by Crippen LogP contribution is -2.34. The fourth-order valence-electron chi connectivity index (χ4n) is 3.48. The van der Waals surface area contributed by atoms with Gasteiger partial charge >= 0.3 is 0 Å². The summed E-state index contributed by atoms with van der Waals surface area (Å²) in [7, 11) is 0. The molecule has 0 aliphatic rings. The number of hydroxylamine groups is 1. The molecule has 0 saturated carbocycles. The van der Waals surface area contributed by atoms with Crippen molar-refractivity contribution in [3.63, 3.8) is 0 Å². The molecule has 0 aromatic carbocycles. The Morgan fingerprint density at radius 2 is 1.43 bits per heavy atom. The number of carbonyl (C=O) groups is 1. The zero-order valence-electron chi connectivity index (χ0n) is 15.4. The molecule has 0 saturated heterocycles. The van der Waals surface area contributed by atoms with Crippen molar-refractivity contribution in [3.05, 3.63) is 0 Å². The van der Waals surface area contributed by atoms with E-state index in [0.29, 0.717) is 11.3 Å². The molecule has 3 atom stereocenters. The summed E-state index contributed by atoms with van der Waals surface area (Å²) in [6.07, 6.45) is 4.03. The number of rotatable bonds is 7. The minimum Gasteiger partial charge on any atom is -0.289 e. The van der Waals surface area contributed by atoms with E-state index in [0.717, 1.165) is 25.7 Å². The van der Waals surface area contributed by atoms with E-state index in [4.69, 9.17) is 5.21 Å². The highest BCUT2D eigenvalue weighted by molar-refractivity contribution is 5.77. The van der Waals surface area contributed by atoms with E-state index >= 15 is 0 Å². The predicted molar refractivity (Wildman–Crippen MR) is 89.1 cm³/mol. The fraction of sp³-hybridized carbons (Fsp3) is 0.944. The average molecular weight is 299 g/mol. The van der Waals surface area contributed by atoms with Crippen LogP contribution in [0.3, 0.4) is 0 Å². The maximum Gasteiger partial charge on any atom is 0.246 e. The second kappa shape index (κ2) is 8.17. The molecule has 3 heteroatoms. The van der Waals surface area contributed by atoms with Gasteiger partial charge in [0.1, 0.15) is 0 Å². The van der Waals surface area contributed by atoms with Gasteiger partial charge in [0.2, 0.25) is 5.91 Å². The lowest BCUT2D eigenvalue weighted by atomic mass is 9.76. The minimum atomic E-state index is -0.227. The molecule has 0 aliphatic carbocycles. The average Bonchev–Trinajstić information content (AvgIpc) is 2.23. The summed E-state index contributed by atoms with van der Waals surface area (Å²) in [6, 6.07) is 0. The van der Waals surface area contributed by atoms with Crippen LogP contribution in [0.2, 0.25) is 0 Å². The zero-order valence-corrected chi connectivity index (χ0v) is 15.4. The highest BCUT2D eigenvalue weighted by Gasteiger charge is 2.29. The Bertz CT molecular complexity index is 312. The largest absolute Gasteiger partial charge is 0.289 e. The Labute approximate surface area is 131 Å². The molecule has 3 unspecified atom stereocenters. The SMILES string of the molecule is CC(CCC(C(=O)NO)C(C)CC(C)(C)C)CC(C)(C)C. The molecule has 1 amide bonds. The standard InChI is InChI=1S/C18H37NO2/c1-13(11-17(3,4)5)9-10-15(16(20)19-21)14(2)12-18(6,7)8/h13-15,21H,9-12H2,1-8H3,(H,19,20). The normalized spacial score (nSPS) is 17.2. The van der Waals surface area contributed by atoms with Gasteiger partial charge < -0.3 is 0 Å². The Balaban J connectivity index is 4.61. The van der Waals surface area contributed by atoms with Gasteiger partial charge in [0.25, 0.3) is 0 Å². The van der Waals surface area contributed by atoms with Crippen molar-refractivity contribution >= 4 is 5.91 Å². The van der Waals surface area contributed by atoms with Crippen LogP contribution in [0.1, 0.15) is 81.1 Å². The lowest BCUT2D eigenvalue weighted by molar-refractivity contribution is -0.135. The van der Waals surface area contributed by atoms with Crippen LogP contribution in [-0.2, 0) is 4.79 Å². The van der Waals surface area contributed by atoms with Gasteiger partial charge in [0.15, 0.2) is 0 Å². The summed E-state index contributed by atoms with van der Waals surface area (Å²) in [5.41, 5.74) is 2.39. The molecule has 2 N–H and O–H groups in total. The summed E-state index contributed by atoms with van der Waals surface area (Å²) >= 11 is 0. The summed E-state index contributed by atoms with van der Waals surface area (Å²) < 4.78 is 0. The van der Waals surface area contributed by atoms with Crippen molar-refractivity contribution in [2.24, 2.45) is 28.6 Å². The van der Waals surface area contributed by atoms with Crippen molar-refractivity contribution in [2.45, 2.75) is 81.1 Å². The van der Waals surface area contributed by atoms with Gasteiger partial charge in [-0.25, -0.2) is 5.48 Å². The van der Waals surface area contributed by atoms with Crippen LogP contribution in [-0.4, -0.2) is 11.1 Å². The van der Waals surface area contributed by atoms with Gasteiger partial charge in [-0.05, 0) is 48.3 Å². The summed E-state index contributed by atoms with van der Waals surface area (Å²) in [4.78, 5) is 12.0. The molecule has 0 heterocycles. The molecule has 0 aromatic heterocycles. The van der Waals surface area contributed by atoms with Crippen LogP contribution in [0, 0.1) is 28.6 Å². The van der Waals surface area contributed by atoms with Gasteiger partial charge in [-0.2, -0.15) is 0 Å². The van der Waals surface area contributed by atoms with Crippen molar-refractivity contribution in [1.29, 1.82) is 0 Å². The minimum absolute atomic E-state index is 0.100. The van der Waals surface area contributed by atoms with E-state index in [1.165, 1.54) is 0 Å². The maximum absolute atomic E-state index is 12.0. The quantitative estimate of drug-likeness (QED) is 0.511. The third-order valence-corrected chi connectivity index (χ3v) is 4.00. The highest BCUT2D eigenvalue weighted by atomic mass is 16.5. The number of amides is 1. The number of nitrogens with one attached hydrogen (secondary N) is 1. The third kappa shape index (κ3) is 9.89. The Morgan fingerprint density at radius 3 is 1.81 bits per heavy atom. The first kappa shape index (κ1) is 20.4. The lowest BCUT2D eigenvalue weighted by Gasteiger charge is -2.30. The number of carbonyl (C=O) groups excluding carboxylic acids is 1. The third-order valence-electron chi connectivity index (χ3n) is 4.00. The maximum atomic E-state index is 12.0. The molecule has 21 heavy (non-hydrogen) atoms. The molecule has 0 rings (SSSR count). The second-order valence-corrected chi connectivity index (χ2v) is 9.27. The first-order valence-corrected chi connectivity index (χ1v) is 8.29. The molecule has 3 nitrogen and oxygen atoms in total. The number of hydrogen-bond acceptors (Lipinski definition) is 2. The summed E-state index contributed by atoms with van der Waals surface area (Å²) in [5, 5.41) is 9.00. The molecule has 0 bridgehead atoms. The van der Waals surface area contributed by atoms with Crippen LogP contribution in [0.15, 0.2) is 0 Å². The van der Waals surface area contributed by atoms with Crippen molar-refractivity contribution in [2.75, 3.05) is 0 Å².